The Balaban J connectivity index is 1.38. The van der Waals surface area contributed by atoms with Gasteiger partial charge in [0.15, 0.2) is 0 Å². The average Bonchev–Trinajstić information content (AvgIpc) is 3.01. The average molecular weight is 400 g/mol. The van der Waals surface area contributed by atoms with Crippen molar-refractivity contribution in [3.05, 3.63) is 43.0 Å². The van der Waals surface area contributed by atoms with Crippen LogP contribution in [0, 0.1) is 11.3 Å². The maximum Gasteiger partial charge on any atom is 0.150 e. The van der Waals surface area contributed by atoms with Crippen molar-refractivity contribution in [3.8, 4) is 6.07 Å². The first kappa shape index (κ1) is 18.7. The molecule has 0 spiro atoms. The molecule has 2 atom stereocenters. The lowest BCUT2D eigenvalue weighted by atomic mass is 9.97. The molecular formula is C22H24N8. The highest BCUT2D eigenvalue weighted by Gasteiger charge is 2.40. The van der Waals surface area contributed by atoms with Crippen molar-refractivity contribution in [2.45, 2.75) is 50.2 Å². The van der Waals surface area contributed by atoms with Gasteiger partial charge in [-0.2, -0.15) is 5.26 Å². The second-order valence-corrected chi connectivity index (χ2v) is 7.99. The lowest BCUT2D eigenvalue weighted by Crippen LogP contribution is -2.47. The smallest absolute Gasteiger partial charge is 0.150 e. The minimum absolute atomic E-state index is 0.364. The van der Waals surface area contributed by atoms with E-state index in [9.17, 15) is 0 Å². The molecule has 3 aromatic rings. The molecule has 2 saturated heterocycles. The quantitative estimate of drug-likeness (QED) is 0.648. The molecule has 0 aromatic carbocycles. The van der Waals surface area contributed by atoms with Gasteiger partial charge in [-0.1, -0.05) is 0 Å². The molecule has 0 amide bonds. The molecule has 2 aliphatic heterocycles. The number of anilines is 3. The molecule has 2 fully saturated rings. The first-order chi connectivity index (χ1) is 14.8. The molecule has 0 aliphatic carbocycles. The normalized spacial score (nSPS) is 23.2. The van der Waals surface area contributed by atoms with E-state index in [2.05, 4.69) is 42.6 Å². The van der Waals surface area contributed by atoms with Crippen LogP contribution in [0.15, 0.2) is 43.0 Å². The van der Waals surface area contributed by atoms with Crippen LogP contribution >= 0.6 is 0 Å². The number of fused-ring (bicyclic) bond motifs is 3. The number of nitriles is 1. The van der Waals surface area contributed by atoms with Gasteiger partial charge in [0.1, 0.15) is 17.5 Å². The predicted molar refractivity (Wildman–Crippen MR) is 115 cm³/mol. The van der Waals surface area contributed by atoms with Gasteiger partial charge in [0.2, 0.25) is 0 Å². The van der Waals surface area contributed by atoms with Crippen molar-refractivity contribution in [1.29, 1.82) is 5.26 Å². The molecule has 0 radical (unpaired) electrons. The maximum absolute atomic E-state index is 8.95. The summed E-state index contributed by atoms with van der Waals surface area (Å²) in [4.78, 5) is 20.3. The monoisotopic (exact) mass is 400 g/mol. The Hall–Kier alpha value is -3.31. The van der Waals surface area contributed by atoms with Crippen LogP contribution in [0.4, 0.5) is 17.5 Å². The van der Waals surface area contributed by atoms with Crippen molar-refractivity contribution in [2.24, 2.45) is 0 Å². The molecule has 2 bridgehead atoms. The van der Waals surface area contributed by atoms with Crippen LogP contribution < -0.4 is 10.6 Å². The molecule has 3 aromatic heterocycles. The van der Waals surface area contributed by atoms with E-state index in [-0.39, 0.29) is 0 Å². The van der Waals surface area contributed by atoms with Crippen molar-refractivity contribution in [1.82, 2.24) is 24.8 Å². The number of piperidine rings is 1. The van der Waals surface area contributed by atoms with E-state index in [0.717, 1.165) is 36.1 Å². The van der Waals surface area contributed by atoms with Crippen LogP contribution in [-0.4, -0.2) is 49.5 Å². The highest BCUT2D eigenvalue weighted by molar-refractivity contribution is 5.91. The van der Waals surface area contributed by atoms with Gasteiger partial charge in [0.25, 0.3) is 0 Å². The fourth-order valence-electron chi connectivity index (χ4n) is 4.87. The third-order valence-electron chi connectivity index (χ3n) is 6.13. The second kappa shape index (κ2) is 8.20. The van der Waals surface area contributed by atoms with Crippen LogP contribution in [0.3, 0.4) is 0 Å². The molecule has 2 N–H and O–H groups in total. The van der Waals surface area contributed by atoms with E-state index in [1.807, 2.05) is 12.1 Å². The summed E-state index contributed by atoms with van der Waals surface area (Å²) in [6.45, 7) is 0.890. The Morgan fingerprint density at radius 3 is 2.73 bits per heavy atom. The first-order valence-corrected chi connectivity index (χ1v) is 10.5. The summed E-state index contributed by atoms with van der Waals surface area (Å²) >= 11 is 0. The van der Waals surface area contributed by atoms with Crippen LogP contribution in [0.2, 0.25) is 0 Å². The Morgan fingerprint density at radius 2 is 1.97 bits per heavy atom. The van der Waals surface area contributed by atoms with E-state index in [1.165, 1.54) is 12.8 Å². The van der Waals surface area contributed by atoms with Gasteiger partial charge >= 0.3 is 0 Å². The number of nitrogens with zero attached hydrogens (tertiary/aromatic N) is 6. The molecular weight excluding hydrogens is 376 g/mol. The number of hydrogen-bond acceptors (Lipinski definition) is 8. The van der Waals surface area contributed by atoms with Gasteiger partial charge in [-0.05, 0) is 37.8 Å². The lowest BCUT2D eigenvalue weighted by Gasteiger charge is -2.39. The van der Waals surface area contributed by atoms with E-state index >= 15 is 0 Å². The zero-order valence-electron chi connectivity index (χ0n) is 16.7. The van der Waals surface area contributed by atoms with E-state index in [0.29, 0.717) is 36.2 Å². The van der Waals surface area contributed by atoms with Gasteiger partial charge in [0, 0.05) is 61.1 Å². The molecule has 30 heavy (non-hydrogen) atoms. The summed E-state index contributed by atoms with van der Waals surface area (Å²) in [6, 6.07) is 9.70. The Morgan fingerprint density at radius 1 is 1.10 bits per heavy atom. The fourth-order valence-corrected chi connectivity index (χ4v) is 4.87. The first-order valence-electron chi connectivity index (χ1n) is 10.5. The zero-order chi connectivity index (χ0) is 20.3. The standard InChI is InChI=1S/C22H24N8/c23-6-2-10-30-16-4-5-17(30)12-15(11-16)27-22-18-3-1-7-25-19(18)13-20(29-22)28-21-14-24-8-9-26-21/h1,3,7-9,13-17H,2,4-5,10-12H2,(H2,26,27,28,29). The topological polar surface area (TPSA) is 103 Å². The second-order valence-electron chi connectivity index (χ2n) is 7.99. The molecule has 8 nitrogen and oxygen atoms in total. The summed E-state index contributed by atoms with van der Waals surface area (Å²) in [7, 11) is 0. The van der Waals surface area contributed by atoms with Crippen molar-refractivity contribution in [3.63, 3.8) is 0 Å². The van der Waals surface area contributed by atoms with E-state index in [1.54, 1.807) is 24.8 Å². The third kappa shape index (κ3) is 3.76. The van der Waals surface area contributed by atoms with E-state index in [4.69, 9.17) is 10.2 Å². The number of nitrogens with one attached hydrogen (secondary N) is 2. The Bertz CT molecular complexity index is 1050. The third-order valence-corrected chi connectivity index (χ3v) is 6.13. The number of hydrogen-bond donors (Lipinski definition) is 2. The summed E-state index contributed by atoms with van der Waals surface area (Å²) < 4.78 is 0. The highest BCUT2D eigenvalue weighted by Crippen LogP contribution is 2.37. The summed E-state index contributed by atoms with van der Waals surface area (Å²) in [5.41, 5.74) is 0.885. The Kier molecular flexibility index (Phi) is 5.11. The number of rotatable bonds is 6. The largest absolute Gasteiger partial charge is 0.367 e. The zero-order valence-corrected chi connectivity index (χ0v) is 16.7. The summed E-state index contributed by atoms with van der Waals surface area (Å²) in [6.07, 6.45) is 12.0. The molecule has 5 heterocycles. The Labute approximate surface area is 175 Å². The van der Waals surface area contributed by atoms with Gasteiger partial charge in [0.05, 0.1) is 17.8 Å². The highest BCUT2D eigenvalue weighted by atomic mass is 15.2. The molecule has 8 heteroatoms. The minimum Gasteiger partial charge on any atom is -0.367 e. The fraction of sp³-hybridized carbons (Fsp3) is 0.409. The summed E-state index contributed by atoms with van der Waals surface area (Å²) in [5, 5.41) is 16.9. The number of aromatic nitrogens is 4. The number of pyridine rings is 2. The van der Waals surface area contributed by atoms with E-state index < -0.39 is 0 Å². The molecule has 2 aliphatic rings. The molecule has 0 saturated carbocycles. The van der Waals surface area contributed by atoms with Crippen molar-refractivity contribution >= 4 is 28.4 Å². The predicted octanol–water partition coefficient (Wildman–Crippen LogP) is 3.48. The van der Waals surface area contributed by atoms with Gasteiger partial charge in [-0.25, -0.2) is 9.97 Å². The van der Waals surface area contributed by atoms with Crippen LogP contribution in [0.1, 0.15) is 32.1 Å². The molecule has 5 rings (SSSR count). The van der Waals surface area contributed by atoms with Crippen molar-refractivity contribution < 1.29 is 0 Å². The molecule has 2 unspecified atom stereocenters. The van der Waals surface area contributed by atoms with Crippen LogP contribution in [0.25, 0.3) is 10.9 Å². The molecule has 152 valence electrons. The van der Waals surface area contributed by atoms with Gasteiger partial charge in [-0.3, -0.25) is 14.9 Å². The minimum atomic E-state index is 0.364. The van der Waals surface area contributed by atoms with Crippen LogP contribution in [-0.2, 0) is 0 Å². The SMILES string of the molecule is N#CCCN1C2CCC1CC(Nc1nc(Nc3cnccn3)cc3ncccc13)C2. The lowest BCUT2D eigenvalue weighted by molar-refractivity contribution is 0.136. The van der Waals surface area contributed by atoms with Gasteiger partial charge < -0.3 is 10.6 Å². The maximum atomic E-state index is 8.95. The summed E-state index contributed by atoms with van der Waals surface area (Å²) in [5.74, 6) is 2.19. The van der Waals surface area contributed by atoms with Crippen LogP contribution in [0.5, 0.6) is 0 Å². The van der Waals surface area contributed by atoms with Crippen molar-refractivity contribution in [2.75, 3.05) is 17.2 Å². The van der Waals surface area contributed by atoms with Gasteiger partial charge in [-0.15, -0.1) is 0 Å².